The number of amides is 1. The molecule has 1 aliphatic heterocycles. The molecule has 1 aromatic heterocycles. The van der Waals surface area contributed by atoms with E-state index in [2.05, 4.69) is 44.6 Å². The van der Waals surface area contributed by atoms with E-state index in [1.54, 1.807) is 6.33 Å². The van der Waals surface area contributed by atoms with Gasteiger partial charge in [-0.05, 0) is 34.7 Å². The SMILES string of the molecule is Cc1ncnc(N2CC(C)(C)CC2CC(N)=O)c1Br. The third-order valence-corrected chi connectivity index (χ3v) is 4.41. The first kappa shape index (κ1) is 14.2. The molecule has 0 bridgehead atoms. The molecular formula is C13H19BrN4O. The van der Waals surface area contributed by atoms with Crippen LogP contribution in [0.5, 0.6) is 0 Å². The van der Waals surface area contributed by atoms with Crippen LogP contribution in [0.25, 0.3) is 0 Å². The summed E-state index contributed by atoms with van der Waals surface area (Å²) in [4.78, 5) is 21.9. The van der Waals surface area contributed by atoms with Gasteiger partial charge in [0.25, 0.3) is 0 Å². The number of carbonyl (C=O) groups excluding carboxylic acids is 1. The lowest BCUT2D eigenvalue weighted by molar-refractivity contribution is -0.118. The average molecular weight is 327 g/mol. The summed E-state index contributed by atoms with van der Waals surface area (Å²) in [6.07, 6.45) is 2.85. The third-order valence-electron chi connectivity index (χ3n) is 3.48. The van der Waals surface area contributed by atoms with Crippen LogP contribution in [0.15, 0.2) is 10.8 Å². The van der Waals surface area contributed by atoms with Gasteiger partial charge in [-0.1, -0.05) is 13.8 Å². The van der Waals surface area contributed by atoms with Gasteiger partial charge < -0.3 is 10.6 Å². The average Bonchev–Trinajstić information content (AvgIpc) is 2.56. The summed E-state index contributed by atoms with van der Waals surface area (Å²) in [5.41, 5.74) is 6.41. The summed E-state index contributed by atoms with van der Waals surface area (Å²) in [5, 5.41) is 0. The maximum Gasteiger partial charge on any atom is 0.219 e. The molecule has 1 saturated heterocycles. The van der Waals surface area contributed by atoms with E-state index in [0.717, 1.165) is 29.0 Å². The predicted octanol–water partition coefficient (Wildman–Crippen LogP) is 2.03. The van der Waals surface area contributed by atoms with Crippen molar-refractivity contribution in [3.8, 4) is 0 Å². The van der Waals surface area contributed by atoms with Gasteiger partial charge in [0.2, 0.25) is 5.91 Å². The molecule has 1 atom stereocenters. The molecule has 0 aliphatic carbocycles. The molecule has 2 rings (SSSR count). The summed E-state index contributed by atoms with van der Waals surface area (Å²) in [6.45, 7) is 7.19. The molecule has 1 aliphatic rings. The van der Waals surface area contributed by atoms with Gasteiger partial charge in [-0.25, -0.2) is 9.97 Å². The lowest BCUT2D eigenvalue weighted by Gasteiger charge is -2.26. The van der Waals surface area contributed by atoms with Crippen molar-refractivity contribution in [2.24, 2.45) is 11.1 Å². The minimum Gasteiger partial charge on any atom is -0.370 e. The lowest BCUT2D eigenvalue weighted by Crippen LogP contribution is -2.34. The molecule has 1 aromatic rings. The topological polar surface area (TPSA) is 72.1 Å². The predicted molar refractivity (Wildman–Crippen MR) is 77.8 cm³/mol. The maximum absolute atomic E-state index is 11.2. The first-order valence-electron chi connectivity index (χ1n) is 6.32. The largest absolute Gasteiger partial charge is 0.370 e. The van der Waals surface area contributed by atoms with Crippen LogP contribution in [0.3, 0.4) is 0 Å². The Kier molecular flexibility index (Phi) is 3.80. The number of rotatable bonds is 3. The number of aromatic nitrogens is 2. The van der Waals surface area contributed by atoms with Crippen LogP contribution in [-0.4, -0.2) is 28.5 Å². The van der Waals surface area contributed by atoms with Crippen LogP contribution in [0.1, 0.15) is 32.4 Å². The minimum absolute atomic E-state index is 0.109. The second-order valence-corrected chi connectivity index (χ2v) is 6.71. The standard InChI is InChI=1S/C13H19BrN4O/c1-8-11(14)12(17-7-16-8)18-6-13(2,3)5-9(18)4-10(15)19/h7,9H,4-6H2,1-3H3,(H2,15,19). The van der Waals surface area contributed by atoms with E-state index in [1.165, 1.54) is 0 Å². The fourth-order valence-corrected chi connectivity index (χ4v) is 3.14. The van der Waals surface area contributed by atoms with Crippen molar-refractivity contribution in [2.45, 2.75) is 39.7 Å². The lowest BCUT2D eigenvalue weighted by atomic mass is 9.90. The Balaban J connectivity index is 2.35. The second kappa shape index (κ2) is 5.07. The Morgan fingerprint density at radius 2 is 2.26 bits per heavy atom. The van der Waals surface area contributed by atoms with E-state index in [-0.39, 0.29) is 17.4 Å². The van der Waals surface area contributed by atoms with Crippen molar-refractivity contribution < 1.29 is 4.79 Å². The quantitative estimate of drug-likeness (QED) is 0.922. The molecule has 0 saturated carbocycles. The summed E-state index contributed by atoms with van der Waals surface area (Å²) in [5.74, 6) is 0.582. The fourth-order valence-electron chi connectivity index (χ4n) is 2.71. The number of nitrogens with two attached hydrogens (primary N) is 1. The number of primary amides is 1. The second-order valence-electron chi connectivity index (χ2n) is 5.92. The van der Waals surface area contributed by atoms with Gasteiger partial charge in [-0.2, -0.15) is 0 Å². The number of aryl methyl sites for hydroxylation is 1. The summed E-state index contributed by atoms with van der Waals surface area (Å²) >= 11 is 3.54. The summed E-state index contributed by atoms with van der Waals surface area (Å²) in [7, 11) is 0. The summed E-state index contributed by atoms with van der Waals surface area (Å²) in [6, 6.07) is 0.109. The van der Waals surface area contributed by atoms with E-state index >= 15 is 0 Å². The molecule has 1 amide bonds. The Morgan fingerprint density at radius 1 is 1.58 bits per heavy atom. The van der Waals surface area contributed by atoms with Crippen molar-refractivity contribution in [3.63, 3.8) is 0 Å². The van der Waals surface area contributed by atoms with Gasteiger partial charge in [0, 0.05) is 19.0 Å². The molecular weight excluding hydrogens is 308 g/mol. The maximum atomic E-state index is 11.2. The Morgan fingerprint density at radius 3 is 2.89 bits per heavy atom. The van der Waals surface area contributed by atoms with Crippen LogP contribution in [0.2, 0.25) is 0 Å². The molecule has 1 unspecified atom stereocenters. The number of hydrogen-bond donors (Lipinski definition) is 1. The van der Waals surface area contributed by atoms with Crippen LogP contribution in [0, 0.1) is 12.3 Å². The fraction of sp³-hybridized carbons (Fsp3) is 0.615. The smallest absolute Gasteiger partial charge is 0.219 e. The molecule has 19 heavy (non-hydrogen) atoms. The van der Waals surface area contributed by atoms with Crippen LogP contribution >= 0.6 is 15.9 Å². The highest BCUT2D eigenvalue weighted by Crippen LogP contribution is 2.40. The molecule has 104 valence electrons. The van der Waals surface area contributed by atoms with Crippen molar-refractivity contribution >= 4 is 27.7 Å². The zero-order valence-electron chi connectivity index (χ0n) is 11.5. The van der Waals surface area contributed by atoms with Crippen LogP contribution in [-0.2, 0) is 4.79 Å². The Labute approximate surface area is 121 Å². The van der Waals surface area contributed by atoms with Gasteiger partial charge in [0.1, 0.15) is 12.1 Å². The van der Waals surface area contributed by atoms with Gasteiger partial charge in [0.05, 0.1) is 10.2 Å². The normalized spacial score (nSPS) is 21.7. The Bertz CT molecular complexity index is 503. The zero-order chi connectivity index (χ0) is 14.2. The van der Waals surface area contributed by atoms with Gasteiger partial charge in [0.15, 0.2) is 0 Å². The molecule has 1 fully saturated rings. The van der Waals surface area contributed by atoms with E-state index in [0.29, 0.717) is 6.42 Å². The number of carbonyl (C=O) groups is 1. The van der Waals surface area contributed by atoms with Gasteiger partial charge in [-0.3, -0.25) is 4.79 Å². The van der Waals surface area contributed by atoms with Crippen molar-refractivity contribution in [1.29, 1.82) is 0 Å². The van der Waals surface area contributed by atoms with Gasteiger partial charge in [-0.15, -0.1) is 0 Å². The van der Waals surface area contributed by atoms with E-state index in [4.69, 9.17) is 5.73 Å². The van der Waals surface area contributed by atoms with Crippen LogP contribution < -0.4 is 10.6 Å². The van der Waals surface area contributed by atoms with Crippen molar-refractivity contribution in [1.82, 2.24) is 9.97 Å². The highest BCUT2D eigenvalue weighted by atomic mass is 79.9. The van der Waals surface area contributed by atoms with E-state index in [9.17, 15) is 4.79 Å². The number of nitrogens with zero attached hydrogens (tertiary/aromatic N) is 3. The van der Waals surface area contributed by atoms with Crippen LogP contribution in [0.4, 0.5) is 5.82 Å². The summed E-state index contributed by atoms with van der Waals surface area (Å²) < 4.78 is 0.891. The first-order chi connectivity index (χ1) is 8.80. The number of halogens is 1. The molecule has 0 spiro atoms. The molecule has 0 aromatic carbocycles. The highest BCUT2D eigenvalue weighted by Gasteiger charge is 2.39. The van der Waals surface area contributed by atoms with Crippen molar-refractivity contribution in [3.05, 3.63) is 16.5 Å². The minimum atomic E-state index is -0.269. The van der Waals surface area contributed by atoms with E-state index in [1.807, 2.05) is 6.92 Å². The molecule has 5 nitrogen and oxygen atoms in total. The number of anilines is 1. The van der Waals surface area contributed by atoms with Gasteiger partial charge >= 0.3 is 0 Å². The molecule has 0 radical (unpaired) electrons. The monoisotopic (exact) mass is 326 g/mol. The zero-order valence-corrected chi connectivity index (χ0v) is 13.1. The molecule has 2 heterocycles. The molecule has 6 heteroatoms. The van der Waals surface area contributed by atoms with Crippen molar-refractivity contribution in [2.75, 3.05) is 11.4 Å². The highest BCUT2D eigenvalue weighted by molar-refractivity contribution is 9.10. The van der Waals surface area contributed by atoms with E-state index < -0.39 is 0 Å². The third kappa shape index (κ3) is 3.05. The molecule has 2 N–H and O–H groups in total. The number of hydrogen-bond acceptors (Lipinski definition) is 4. The first-order valence-corrected chi connectivity index (χ1v) is 7.11. The Hall–Kier alpha value is -1.17.